The Morgan fingerprint density at radius 1 is 1.47 bits per heavy atom. The molecular formula is C12H14ClF3N2O. The number of hydrogen-bond acceptors (Lipinski definition) is 2. The number of anilines is 2. The van der Waals surface area contributed by atoms with Crippen LogP contribution in [0.5, 0.6) is 0 Å². The van der Waals surface area contributed by atoms with E-state index in [1.165, 1.54) is 19.2 Å². The maximum Gasteiger partial charge on any atom is 0.392 e. The van der Waals surface area contributed by atoms with E-state index in [9.17, 15) is 18.0 Å². The molecule has 0 radical (unpaired) electrons. The van der Waals surface area contributed by atoms with E-state index >= 15 is 0 Å². The number of nitrogens with two attached hydrogens (primary N) is 1. The third-order valence-corrected chi connectivity index (χ3v) is 3.06. The molecule has 1 aromatic rings. The lowest BCUT2D eigenvalue weighted by Gasteiger charge is -2.22. The quantitative estimate of drug-likeness (QED) is 0.868. The fraction of sp³-hybridized carbons (Fsp3) is 0.417. The van der Waals surface area contributed by atoms with Crippen LogP contribution in [0.4, 0.5) is 24.5 Å². The number of hydrogen-bond donors (Lipinski definition) is 1. The molecule has 1 unspecified atom stereocenters. The van der Waals surface area contributed by atoms with Gasteiger partial charge in [-0.1, -0.05) is 18.5 Å². The van der Waals surface area contributed by atoms with Crippen molar-refractivity contribution in [1.29, 1.82) is 0 Å². The van der Waals surface area contributed by atoms with Crippen LogP contribution >= 0.6 is 11.6 Å². The summed E-state index contributed by atoms with van der Waals surface area (Å²) in [5.41, 5.74) is 6.23. The Kier molecular flexibility index (Phi) is 4.68. The van der Waals surface area contributed by atoms with E-state index in [0.29, 0.717) is 11.4 Å². The van der Waals surface area contributed by atoms with Crippen LogP contribution in [0.25, 0.3) is 0 Å². The molecule has 0 aliphatic heterocycles. The van der Waals surface area contributed by atoms with Crippen molar-refractivity contribution in [2.75, 3.05) is 17.7 Å². The highest BCUT2D eigenvalue weighted by Gasteiger charge is 2.37. The fourth-order valence-corrected chi connectivity index (χ4v) is 1.68. The van der Waals surface area contributed by atoms with Crippen molar-refractivity contribution in [3.05, 3.63) is 23.2 Å². The summed E-state index contributed by atoms with van der Waals surface area (Å²) in [7, 11) is 1.37. The van der Waals surface area contributed by atoms with Gasteiger partial charge >= 0.3 is 6.18 Å². The van der Waals surface area contributed by atoms with Crippen molar-refractivity contribution >= 4 is 28.9 Å². The first-order valence-electron chi connectivity index (χ1n) is 5.51. The van der Waals surface area contributed by atoms with Crippen LogP contribution in [-0.2, 0) is 4.79 Å². The summed E-state index contributed by atoms with van der Waals surface area (Å²) in [6.07, 6.45) is -5.03. The second-order valence-corrected chi connectivity index (χ2v) is 4.72. The second kappa shape index (κ2) is 5.69. The normalized spacial score (nSPS) is 13.2. The van der Waals surface area contributed by atoms with Crippen LogP contribution < -0.4 is 10.6 Å². The van der Waals surface area contributed by atoms with E-state index in [2.05, 4.69) is 0 Å². The molecule has 106 valence electrons. The van der Waals surface area contributed by atoms with Crippen LogP contribution in [0, 0.1) is 5.92 Å². The molecule has 0 heterocycles. The smallest absolute Gasteiger partial charge is 0.392 e. The van der Waals surface area contributed by atoms with Crippen LogP contribution in [0.2, 0.25) is 5.02 Å². The maximum absolute atomic E-state index is 12.4. The minimum atomic E-state index is -4.39. The van der Waals surface area contributed by atoms with Gasteiger partial charge in [-0.05, 0) is 18.2 Å². The zero-order valence-corrected chi connectivity index (χ0v) is 11.2. The molecule has 0 aliphatic carbocycles. The Morgan fingerprint density at radius 3 is 2.58 bits per heavy atom. The molecule has 0 fully saturated rings. The lowest BCUT2D eigenvalue weighted by molar-refractivity contribution is -0.173. The molecule has 2 N–H and O–H groups in total. The Morgan fingerprint density at radius 2 is 2.05 bits per heavy atom. The van der Waals surface area contributed by atoms with Gasteiger partial charge in [0.25, 0.3) is 0 Å². The summed E-state index contributed by atoms with van der Waals surface area (Å²) in [4.78, 5) is 12.9. The fourth-order valence-electron chi connectivity index (χ4n) is 1.44. The van der Waals surface area contributed by atoms with Gasteiger partial charge < -0.3 is 10.6 Å². The predicted molar refractivity (Wildman–Crippen MR) is 69.1 cm³/mol. The molecule has 0 saturated heterocycles. The first kappa shape index (κ1) is 15.6. The number of rotatable bonds is 3. The van der Waals surface area contributed by atoms with Crippen molar-refractivity contribution in [3.63, 3.8) is 0 Å². The van der Waals surface area contributed by atoms with E-state index in [0.717, 1.165) is 11.8 Å². The summed E-state index contributed by atoms with van der Waals surface area (Å²) in [6.45, 7) is 0.965. The molecule has 19 heavy (non-hydrogen) atoms. The van der Waals surface area contributed by atoms with E-state index in [-0.39, 0.29) is 5.02 Å². The largest absolute Gasteiger partial charge is 0.399 e. The second-order valence-electron chi connectivity index (χ2n) is 4.31. The minimum absolute atomic E-state index is 0.254. The number of nitrogens with zero attached hydrogens (tertiary/aromatic N) is 1. The number of amides is 1. The number of carbonyl (C=O) groups excluding carboxylic acids is 1. The summed E-state index contributed by atoms with van der Waals surface area (Å²) >= 11 is 5.89. The highest BCUT2D eigenvalue weighted by Crippen LogP contribution is 2.31. The zero-order chi connectivity index (χ0) is 14.8. The number of nitrogen functional groups attached to an aromatic ring is 1. The monoisotopic (exact) mass is 294 g/mol. The van der Waals surface area contributed by atoms with Crippen LogP contribution in [0.3, 0.4) is 0 Å². The van der Waals surface area contributed by atoms with Crippen molar-refractivity contribution in [2.24, 2.45) is 5.92 Å². The highest BCUT2D eigenvalue weighted by molar-refractivity contribution is 6.33. The molecule has 1 atom stereocenters. The first-order valence-corrected chi connectivity index (χ1v) is 5.89. The van der Waals surface area contributed by atoms with E-state index in [1.807, 2.05) is 0 Å². The molecule has 0 aromatic heterocycles. The zero-order valence-electron chi connectivity index (χ0n) is 10.5. The number of alkyl halides is 3. The van der Waals surface area contributed by atoms with Crippen molar-refractivity contribution in [3.8, 4) is 0 Å². The van der Waals surface area contributed by atoms with Gasteiger partial charge in [-0.25, -0.2) is 0 Å². The van der Waals surface area contributed by atoms with Crippen molar-refractivity contribution in [2.45, 2.75) is 19.5 Å². The van der Waals surface area contributed by atoms with Crippen LogP contribution in [0.15, 0.2) is 18.2 Å². The van der Waals surface area contributed by atoms with Gasteiger partial charge in [-0.2, -0.15) is 13.2 Å². The van der Waals surface area contributed by atoms with E-state index in [4.69, 9.17) is 17.3 Å². The molecule has 7 heteroatoms. The molecule has 0 bridgehead atoms. The van der Waals surface area contributed by atoms with Gasteiger partial charge in [-0.15, -0.1) is 0 Å². The van der Waals surface area contributed by atoms with Crippen LogP contribution in [-0.4, -0.2) is 19.1 Å². The summed E-state index contributed by atoms with van der Waals surface area (Å²) in [6, 6.07) is 4.48. The third kappa shape index (κ3) is 4.02. The Bertz CT molecular complexity index is 477. The lowest BCUT2D eigenvalue weighted by atomic mass is 10.1. The van der Waals surface area contributed by atoms with Crippen molar-refractivity contribution in [1.82, 2.24) is 0 Å². The predicted octanol–water partition coefficient (Wildman–Crippen LogP) is 3.47. The Labute approximate surface area is 114 Å². The van der Waals surface area contributed by atoms with Gasteiger partial charge in [0, 0.05) is 19.2 Å². The maximum atomic E-state index is 12.4. The molecule has 0 spiro atoms. The highest BCUT2D eigenvalue weighted by atomic mass is 35.5. The first-order chi connectivity index (χ1) is 8.62. The third-order valence-electron chi connectivity index (χ3n) is 2.75. The SMILES string of the molecule is CC(CC(=O)N(C)c1cc(N)ccc1Cl)C(F)(F)F. The van der Waals surface area contributed by atoms with Gasteiger partial charge in [0.2, 0.25) is 5.91 Å². The number of halogens is 4. The molecule has 0 aliphatic rings. The van der Waals surface area contributed by atoms with Gasteiger partial charge in [-0.3, -0.25) is 4.79 Å². The standard InChI is InChI=1S/C12H14ClF3N2O/c1-7(12(14,15)16)5-11(19)18(2)10-6-8(17)3-4-9(10)13/h3-4,6-7H,5,17H2,1-2H3. The average Bonchev–Trinajstić information content (AvgIpc) is 2.30. The number of carbonyl (C=O) groups is 1. The summed E-state index contributed by atoms with van der Waals surface area (Å²) in [5, 5.41) is 0.254. The van der Waals surface area contributed by atoms with Gasteiger partial charge in [0.1, 0.15) is 0 Å². The lowest BCUT2D eigenvalue weighted by Crippen LogP contribution is -2.32. The summed E-state index contributed by atoms with van der Waals surface area (Å²) < 4.78 is 37.2. The molecule has 0 saturated carbocycles. The molecule has 1 aromatic carbocycles. The van der Waals surface area contributed by atoms with E-state index < -0.39 is 24.4 Å². The Balaban J connectivity index is 2.85. The van der Waals surface area contributed by atoms with Crippen molar-refractivity contribution < 1.29 is 18.0 Å². The average molecular weight is 295 g/mol. The summed E-state index contributed by atoms with van der Waals surface area (Å²) in [5.74, 6) is -2.38. The number of benzene rings is 1. The van der Waals surface area contributed by atoms with Crippen LogP contribution in [0.1, 0.15) is 13.3 Å². The molecule has 1 amide bonds. The molecular weight excluding hydrogens is 281 g/mol. The molecule has 3 nitrogen and oxygen atoms in total. The topological polar surface area (TPSA) is 46.3 Å². The Hall–Kier alpha value is -1.43. The van der Waals surface area contributed by atoms with Gasteiger partial charge in [0.15, 0.2) is 0 Å². The molecule has 1 rings (SSSR count). The minimum Gasteiger partial charge on any atom is -0.399 e. The van der Waals surface area contributed by atoms with Gasteiger partial charge in [0.05, 0.1) is 16.6 Å². The van der Waals surface area contributed by atoms with E-state index in [1.54, 1.807) is 6.07 Å².